The van der Waals surface area contributed by atoms with E-state index in [0.29, 0.717) is 22.5 Å². The van der Waals surface area contributed by atoms with Gasteiger partial charge in [0.2, 0.25) is 0 Å². The van der Waals surface area contributed by atoms with Crippen LogP contribution in [0.15, 0.2) is 44.4 Å². The summed E-state index contributed by atoms with van der Waals surface area (Å²) in [6.45, 7) is 3.43. The highest BCUT2D eigenvalue weighted by Crippen LogP contribution is 2.10. The molecule has 6 nitrogen and oxygen atoms in total. The molecule has 0 bridgehead atoms. The molecule has 1 aromatic rings. The molecule has 0 radical (unpaired) electrons. The van der Waals surface area contributed by atoms with Crippen molar-refractivity contribution >= 4 is 17.8 Å². The number of rotatable bonds is 3. The van der Waals surface area contributed by atoms with Gasteiger partial charge in [-0.1, -0.05) is 23.4 Å². The minimum Gasteiger partial charge on any atom is -0.338 e. The highest BCUT2D eigenvalue weighted by Gasteiger charge is 2.20. The Kier molecular flexibility index (Phi) is 3.61. The van der Waals surface area contributed by atoms with Gasteiger partial charge in [-0.3, -0.25) is 0 Å². The fourth-order valence-corrected chi connectivity index (χ4v) is 1.49. The lowest BCUT2D eigenvalue weighted by molar-refractivity contribution is -0.136. The van der Waals surface area contributed by atoms with E-state index in [4.69, 9.17) is 0 Å². The Hall–Kier alpha value is -2.63. The fraction of sp³-hybridized carbons (Fsp3) is 0.154. The average Bonchev–Trinajstić information content (AvgIpc) is 2.86. The Bertz CT molecular complexity index is 671. The van der Waals surface area contributed by atoms with Gasteiger partial charge in [-0.25, -0.2) is 14.7 Å². The van der Waals surface area contributed by atoms with Crippen molar-refractivity contribution in [1.82, 2.24) is 5.16 Å². The summed E-state index contributed by atoms with van der Waals surface area (Å²) in [6, 6.07) is 0. The highest BCUT2D eigenvalue weighted by molar-refractivity contribution is 6.21. The van der Waals surface area contributed by atoms with Gasteiger partial charge in [0.1, 0.15) is 0 Å². The second-order valence-corrected chi connectivity index (χ2v) is 3.91. The SMILES string of the molecule is CC1=NOC(=O)C1=CC=CC=Cc1c(C)[nH]oc1=O. The van der Waals surface area contributed by atoms with Crippen molar-refractivity contribution in [2.75, 3.05) is 0 Å². The molecule has 2 rings (SSSR count). The van der Waals surface area contributed by atoms with Crippen LogP contribution in [-0.2, 0) is 9.63 Å². The van der Waals surface area contributed by atoms with E-state index in [1.165, 1.54) is 0 Å². The zero-order chi connectivity index (χ0) is 13.8. The number of hydrogen-bond donors (Lipinski definition) is 1. The second-order valence-electron chi connectivity index (χ2n) is 3.91. The molecule has 0 atom stereocenters. The molecule has 19 heavy (non-hydrogen) atoms. The van der Waals surface area contributed by atoms with Gasteiger partial charge in [0.15, 0.2) is 0 Å². The lowest BCUT2D eigenvalue weighted by Crippen LogP contribution is -2.01. The first kappa shape index (κ1) is 12.8. The Balaban J connectivity index is 2.06. The molecule has 0 amide bonds. The van der Waals surface area contributed by atoms with Gasteiger partial charge >= 0.3 is 11.6 Å². The van der Waals surface area contributed by atoms with Crippen molar-refractivity contribution < 1.29 is 14.2 Å². The van der Waals surface area contributed by atoms with Crippen molar-refractivity contribution in [3.8, 4) is 0 Å². The van der Waals surface area contributed by atoms with Crippen LogP contribution < -0.4 is 5.63 Å². The number of aryl methyl sites for hydroxylation is 1. The van der Waals surface area contributed by atoms with Gasteiger partial charge in [0, 0.05) is 0 Å². The minimum absolute atomic E-state index is 0.414. The lowest BCUT2D eigenvalue weighted by Gasteiger charge is -1.87. The number of carbonyl (C=O) groups excluding carboxylic acids is 1. The van der Waals surface area contributed by atoms with E-state index >= 15 is 0 Å². The maximum absolute atomic E-state index is 11.2. The summed E-state index contributed by atoms with van der Waals surface area (Å²) in [4.78, 5) is 26.9. The van der Waals surface area contributed by atoms with Gasteiger partial charge in [0.05, 0.1) is 22.5 Å². The van der Waals surface area contributed by atoms with Gasteiger partial charge in [-0.05, 0) is 26.0 Å². The van der Waals surface area contributed by atoms with Crippen molar-refractivity contribution in [2.24, 2.45) is 5.16 Å². The largest absolute Gasteiger partial charge is 0.367 e. The first-order chi connectivity index (χ1) is 9.09. The molecule has 0 unspecified atom stereocenters. The number of aromatic nitrogens is 1. The Morgan fingerprint density at radius 2 is 1.95 bits per heavy atom. The summed E-state index contributed by atoms with van der Waals surface area (Å²) in [5.74, 6) is -0.465. The predicted molar refractivity (Wildman–Crippen MR) is 69.5 cm³/mol. The van der Waals surface area contributed by atoms with Gasteiger partial charge in [-0.15, -0.1) is 0 Å². The third-order valence-corrected chi connectivity index (χ3v) is 2.54. The van der Waals surface area contributed by atoms with E-state index < -0.39 is 11.6 Å². The van der Waals surface area contributed by atoms with E-state index in [-0.39, 0.29) is 0 Å². The Labute approximate surface area is 108 Å². The van der Waals surface area contributed by atoms with Crippen molar-refractivity contribution in [3.63, 3.8) is 0 Å². The zero-order valence-electron chi connectivity index (χ0n) is 10.5. The fourth-order valence-electron chi connectivity index (χ4n) is 1.49. The van der Waals surface area contributed by atoms with Gasteiger partial charge in [-0.2, -0.15) is 0 Å². The highest BCUT2D eigenvalue weighted by atomic mass is 16.7. The molecule has 98 valence electrons. The summed E-state index contributed by atoms with van der Waals surface area (Å²) in [5, 5.41) is 6.03. The number of oxime groups is 1. The zero-order valence-corrected chi connectivity index (χ0v) is 10.5. The van der Waals surface area contributed by atoms with Gasteiger partial charge in [0.25, 0.3) is 0 Å². The number of hydrogen-bond acceptors (Lipinski definition) is 5. The third kappa shape index (κ3) is 2.79. The Morgan fingerprint density at radius 1 is 1.16 bits per heavy atom. The van der Waals surface area contributed by atoms with Crippen LogP contribution in [0, 0.1) is 6.92 Å². The number of nitrogens with one attached hydrogen (secondary N) is 1. The van der Waals surface area contributed by atoms with E-state index in [9.17, 15) is 9.59 Å². The van der Waals surface area contributed by atoms with Crippen LogP contribution in [-0.4, -0.2) is 16.8 Å². The molecular weight excluding hydrogens is 248 g/mol. The van der Waals surface area contributed by atoms with Crippen LogP contribution in [0.5, 0.6) is 0 Å². The number of nitrogens with zero attached hydrogens (tertiary/aromatic N) is 1. The monoisotopic (exact) mass is 260 g/mol. The van der Waals surface area contributed by atoms with Crippen LogP contribution in [0.4, 0.5) is 0 Å². The predicted octanol–water partition coefficient (Wildman–Crippen LogP) is 1.70. The molecule has 0 saturated carbocycles. The van der Waals surface area contributed by atoms with Gasteiger partial charge < -0.3 is 9.36 Å². The van der Waals surface area contributed by atoms with Crippen molar-refractivity contribution in [2.45, 2.75) is 13.8 Å². The number of carbonyl (C=O) groups is 1. The van der Waals surface area contributed by atoms with Crippen LogP contribution in [0.1, 0.15) is 18.2 Å². The molecule has 1 aliphatic heterocycles. The molecule has 0 saturated heterocycles. The van der Waals surface area contributed by atoms with E-state index in [1.807, 2.05) is 0 Å². The number of allylic oxidation sites excluding steroid dienone is 4. The molecule has 1 aromatic heterocycles. The van der Waals surface area contributed by atoms with E-state index in [1.54, 1.807) is 44.2 Å². The normalized spacial score (nSPS) is 17.7. The molecule has 0 spiro atoms. The number of aromatic amines is 1. The van der Waals surface area contributed by atoms with Crippen molar-refractivity contribution in [1.29, 1.82) is 0 Å². The summed E-state index contributed by atoms with van der Waals surface area (Å²) < 4.78 is 4.62. The summed E-state index contributed by atoms with van der Waals surface area (Å²) in [5.41, 5.74) is 1.68. The molecule has 0 aromatic carbocycles. The van der Waals surface area contributed by atoms with Crippen molar-refractivity contribution in [3.05, 3.63) is 51.6 Å². The molecular formula is C13H12N2O4. The summed E-state index contributed by atoms with van der Waals surface area (Å²) in [7, 11) is 0. The Morgan fingerprint density at radius 3 is 2.53 bits per heavy atom. The van der Waals surface area contributed by atoms with Crippen LogP contribution in [0.25, 0.3) is 6.08 Å². The third-order valence-electron chi connectivity index (χ3n) is 2.54. The molecule has 0 fully saturated rings. The molecule has 0 aliphatic carbocycles. The average molecular weight is 260 g/mol. The molecule has 1 aliphatic rings. The van der Waals surface area contributed by atoms with Crippen LogP contribution in [0.2, 0.25) is 0 Å². The second kappa shape index (κ2) is 5.34. The van der Waals surface area contributed by atoms with E-state index in [2.05, 4.69) is 19.7 Å². The molecule has 2 heterocycles. The summed E-state index contributed by atoms with van der Waals surface area (Å²) in [6.07, 6.45) is 8.27. The number of H-pyrrole nitrogens is 1. The first-order valence-corrected chi connectivity index (χ1v) is 5.59. The minimum atomic E-state index is -0.465. The smallest absolute Gasteiger partial charge is 0.338 e. The summed E-state index contributed by atoms with van der Waals surface area (Å²) >= 11 is 0. The molecule has 1 N–H and O–H groups in total. The standard InChI is InChI=1S/C13H12N2O4/c1-8-10(12(16)18-14-8)6-4-3-5-7-11-9(2)15-19-13(11)17/h3-7,14H,1-2H3. The maximum Gasteiger partial charge on any atom is 0.367 e. The topological polar surface area (TPSA) is 84.7 Å². The lowest BCUT2D eigenvalue weighted by atomic mass is 10.1. The first-order valence-electron chi connectivity index (χ1n) is 5.59. The van der Waals surface area contributed by atoms with Crippen LogP contribution >= 0.6 is 0 Å². The van der Waals surface area contributed by atoms with Crippen LogP contribution in [0.3, 0.4) is 0 Å². The quantitative estimate of drug-likeness (QED) is 0.509. The molecule has 6 heteroatoms. The maximum atomic E-state index is 11.2. The van der Waals surface area contributed by atoms with E-state index in [0.717, 1.165) is 0 Å².